The minimum Gasteiger partial charge on any atom is -0.462 e. The third-order valence-electron chi connectivity index (χ3n) is 2.86. The van der Waals surface area contributed by atoms with Crippen molar-refractivity contribution in [3.63, 3.8) is 0 Å². The summed E-state index contributed by atoms with van der Waals surface area (Å²) in [4.78, 5) is 29.0. The van der Waals surface area contributed by atoms with E-state index in [0.717, 1.165) is 13.2 Å². The number of alkyl halides is 3. The third kappa shape index (κ3) is 5.25. The monoisotopic (exact) mass is 397 g/mol. The third-order valence-corrected chi connectivity index (χ3v) is 3.24. The molecule has 0 atom stereocenters. The molecule has 1 rings (SSSR count). The van der Waals surface area contributed by atoms with Gasteiger partial charge in [0.25, 0.3) is 0 Å². The SMILES string of the molecule is CCOC(=O)c1ccc(C(F)(F)F)c(N(OC)C(=O)OC(C)(C)C)c1Cl. The van der Waals surface area contributed by atoms with Crippen molar-refractivity contribution in [2.45, 2.75) is 39.5 Å². The van der Waals surface area contributed by atoms with Crippen molar-refractivity contribution < 1.29 is 37.1 Å². The molecule has 0 aliphatic carbocycles. The molecule has 0 fully saturated rings. The number of hydrogen-bond donors (Lipinski definition) is 0. The van der Waals surface area contributed by atoms with E-state index in [4.69, 9.17) is 25.9 Å². The summed E-state index contributed by atoms with van der Waals surface area (Å²) in [5.74, 6) is -0.937. The predicted molar refractivity (Wildman–Crippen MR) is 88.1 cm³/mol. The van der Waals surface area contributed by atoms with Crippen LogP contribution in [0.3, 0.4) is 0 Å². The number of benzene rings is 1. The molecule has 0 saturated carbocycles. The van der Waals surface area contributed by atoms with Gasteiger partial charge in [-0.3, -0.25) is 4.84 Å². The molecular formula is C16H19ClF3NO5. The second kappa shape index (κ2) is 8.13. The van der Waals surface area contributed by atoms with Crippen LogP contribution in [0.1, 0.15) is 43.6 Å². The highest BCUT2D eigenvalue weighted by Crippen LogP contribution is 2.43. The average molecular weight is 398 g/mol. The van der Waals surface area contributed by atoms with Gasteiger partial charge in [0.1, 0.15) is 11.3 Å². The highest BCUT2D eigenvalue weighted by Gasteiger charge is 2.40. The number of carbonyl (C=O) groups is 2. The summed E-state index contributed by atoms with van der Waals surface area (Å²) >= 11 is 6.01. The van der Waals surface area contributed by atoms with Crippen LogP contribution in [-0.2, 0) is 20.5 Å². The molecule has 0 heterocycles. The number of hydroxylamine groups is 1. The molecule has 10 heteroatoms. The van der Waals surface area contributed by atoms with E-state index in [-0.39, 0.29) is 17.2 Å². The Morgan fingerprint density at radius 2 is 1.77 bits per heavy atom. The lowest BCUT2D eigenvalue weighted by Crippen LogP contribution is -2.37. The van der Waals surface area contributed by atoms with Crippen molar-refractivity contribution in [1.82, 2.24) is 0 Å². The number of esters is 1. The van der Waals surface area contributed by atoms with Gasteiger partial charge in [0, 0.05) is 0 Å². The molecule has 1 amide bonds. The van der Waals surface area contributed by atoms with Crippen LogP contribution < -0.4 is 5.06 Å². The summed E-state index contributed by atoms with van der Waals surface area (Å²) in [6.45, 7) is 6.10. The Bertz CT molecular complexity index is 686. The van der Waals surface area contributed by atoms with E-state index in [1.165, 1.54) is 27.7 Å². The Balaban J connectivity index is 3.59. The molecule has 0 N–H and O–H groups in total. The first-order chi connectivity index (χ1) is 11.8. The highest BCUT2D eigenvalue weighted by atomic mass is 35.5. The summed E-state index contributed by atoms with van der Waals surface area (Å²) < 4.78 is 50.0. The van der Waals surface area contributed by atoms with Crippen LogP contribution in [0.15, 0.2) is 12.1 Å². The number of nitrogens with zero attached hydrogens (tertiary/aromatic N) is 1. The lowest BCUT2D eigenvalue weighted by atomic mass is 10.1. The van der Waals surface area contributed by atoms with E-state index >= 15 is 0 Å². The van der Waals surface area contributed by atoms with Gasteiger partial charge in [-0.2, -0.15) is 18.2 Å². The molecule has 0 aliphatic heterocycles. The Morgan fingerprint density at radius 1 is 1.19 bits per heavy atom. The smallest absolute Gasteiger partial charge is 0.439 e. The maximum absolute atomic E-state index is 13.4. The first-order valence-corrected chi connectivity index (χ1v) is 7.85. The normalized spacial score (nSPS) is 11.9. The Morgan fingerprint density at radius 3 is 2.19 bits per heavy atom. The van der Waals surface area contributed by atoms with Gasteiger partial charge in [0.2, 0.25) is 0 Å². The van der Waals surface area contributed by atoms with Crippen molar-refractivity contribution in [2.75, 3.05) is 18.8 Å². The van der Waals surface area contributed by atoms with E-state index in [0.29, 0.717) is 6.07 Å². The second-order valence-corrected chi connectivity index (χ2v) is 6.38. The standard InChI is InChI=1S/C16H19ClF3NO5/c1-6-25-13(22)9-7-8-10(16(18,19)20)12(11(9)17)21(24-5)14(23)26-15(2,3)4/h7-8H,6H2,1-5H3. The predicted octanol–water partition coefficient (Wildman–Crippen LogP) is 4.84. The topological polar surface area (TPSA) is 65.1 Å². The maximum Gasteiger partial charge on any atom is 0.439 e. The van der Waals surface area contributed by atoms with Crippen LogP contribution in [0.5, 0.6) is 0 Å². The molecular weight excluding hydrogens is 379 g/mol. The number of halogens is 4. The molecule has 6 nitrogen and oxygen atoms in total. The summed E-state index contributed by atoms with van der Waals surface area (Å²) in [5, 5.41) is -0.398. The molecule has 0 spiro atoms. The molecule has 1 aromatic carbocycles. The van der Waals surface area contributed by atoms with Gasteiger partial charge in [-0.05, 0) is 39.8 Å². The van der Waals surface area contributed by atoms with Crippen molar-refractivity contribution >= 4 is 29.4 Å². The van der Waals surface area contributed by atoms with E-state index in [9.17, 15) is 22.8 Å². The van der Waals surface area contributed by atoms with Crippen molar-refractivity contribution in [1.29, 1.82) is 0 Å². The summed E-state index contributed by atoms with van der Waals surface area (Å²) in [6.07, 6.45) is -6.10. The van der Waals surface area contributed by atoms with E-state index in [1.807, 2.05) is 0 Å². The first kappa shape index (κ1) is 22.0. The number of carbonyl (C=O) groups excluding carboxylic acids is 2. The Hall–Kier alpha value is -2.00. The van der Waals surface area contributed by atoms with Crippen LogP contribution in [0.4, 0.5) is 23.7 Å². The van der Waals surface area contributed by atoms with Gasteiger partial charge >= 0.3 is 18.2 Å². The zero-order valence-electron chi connectivity index (χ0n) is 14.9. The molecule has 0 aliphatic rings. The summed E-state index contributed by atoms with van der Waals surface area (Å²) in [7, 11) is 0.970. The van der Waals surface area contributed by atoms with Crippen LogP contribution in [0.25, 0.3) is 0 Å². The van der Waals surface area contributed by atoms with Gasteiger partial charge < -0.3 is 9.47 Å². The van der Waals surface area contributed by atoms with Gasteiger partial charge in [-0.25, -0.2) is 9.59 Å². The quantitative estimate of drug-likeness (QED) is 0.537. The number of anilines is 1. The molecule has 0 radical (unpaired) electrons. The highest BCUT2D eigenvalue weighted by molar-refractivity contribution is 6.36. The average Bonchev–Trinajstić information content (AvgIpc) is 2.46. The van der Waals surface area contributed by atoms with Crippen LogP contribution in [0.2, 0.25) is 5.02 Å². The zero-order chi connectivity index (χ0) is 20.3. The maximum atomic E-state index is 13.4. The van der Waals surface area contributed by atoms with Gasteiger partial charge in [0.15, 0.2) is 0 Å². The molecule has 26 heavy (non-hydrogen) atoms. The van der Waals surface area contributed by atoms with Crippen LogP contribution in [-0.4, -0.2) is 31.4 Å². The lowest BCUT2D eigenvalue weighted by Gasteiger charge is -2.28. The lowest BCUT2D eigenvalue weighted by molar-refractivity contribution is -0.137. The van der Waals surface area contributed by atoms with Crippen LogP contribution >= 0.6 is 11.6 Å². The fourth-order valence-corrected chi connectivity index (χ4v) is 2.24. The van der Waals surface area contributed by atoms with Crippen molar-refractivity contribution in [2.24, 2.45) is 0 Å². The number of rotatable bonds is 4. The summed E-state index contributed by atoms with van der Waals surface area (Å²) in [5.41, 5.74) is -3.48. The van der Waals surface area contributed by atoms with E-state index in [2.05, 4.69) is 0 Å². The number of hydrogen-bond acceptors (Lipinski definition) is 5. The van der Waals surface area contributed by atoms with E-state index < -0.39 is 40.1 Å². The number of amides is 1. The minimum absolute atomic E-state index is 0.00836. The minimum atomic E-state index is -4.87. The second-order valence-electron chi connectivity index (χ2n) is 6.00. The number of ether oxygens (including phenoxy) is 2. The van der Waals surface area contributed by atoms with Gasteiger partial charge in [-0.1, -0.05) is 11.6 Å². The molecule has 1 aromatic rings. The largest absolute Gasteiger partial charge is 0.462 e. The summed E-state index contributed by atoms with van der Waals surface area (Å²) in [6, 6.07) is 1.49. The molecule has 146 valence electrons. The first-order valence-electron chi connectivity index (χ1n) is 7.47. The Kier molecular flexibility index (Phi) is 6.89. The van der Waals surface area contributed by atoms with Crippen molar-refractivity contribution in [3.8, 4) is 0 Å². The fourth-order valence-electron chi connectivity index (χ4n) is 1.92. The van der Waals surface area contributed by atoms with Crippen molar-refractivity contribution in [3.05, 3.63) is 28.3 Å². The molecule has 0 unspecified atom stereocenters. The fraction of sp³-hybridized carbons (Fsp3) is 0.500. The van der Waals surface area contributed by atoms with Gasteiger partial charge in [0.05, 0.1) is 29.9 Å². The molecule has 0 aromatic heterocycles. The molecule has 0 saturated heterocycles. The molecule has 0 bridgehead atoms. The van der Waals surface area contributed by atoms with Crippen LogP contribution in [0, 0.1) is 0 Å². The zero-order valence-corrected chi connectivity index (χ0v) is 15.6. The van der Waals surface area contributed by atoms with Gasteiger partial charge in [-0.15, -0.1) is 0 Å². The van der Waals surface area contributed by atoms with E-state index in [1.54, 1.807) is 0 Å². The Labute approximate surface area is 153 Å².